The van der Waals surface area contributed by atoms with Crippen molar-refractivity contribution in [1.82, 2.24) is 0 Å². The third-order valence-corrected chi connectivity index (χ3v) is 4.68. The lowest BCUT2D eigenvalue weighted by Crippen LogP contribution is -2.58. The van der Waals surface area contributed by atoms with E-state index in [2.05, 4.69) is 9.98 Å². The van der Waals surface area contributed by atoms with E-state index in [-0.39, 0.29) is 12.6 Å². The summed E-state index contributed by atoms with van der Waals surface area (Å²) in [7, 11) is 0. The Morgan fingerprint density at radius 2 is 1.95 bits per heavy atom. The van der Waals surface area contributed by atoms with E-state index < -0.39 is 5.66 Å². The first-order valence-corrected chi connectivity index (χ1v) is 7.76. The number of hydrogen-bond acceptors (Lipinski definition) is 6. The fourth-order valence-electron chi connectivity index (χ4n) is 3.55. The first-order chi connectivity index (χ1) is 10.6. The Kier molecular flexibility index (Phi) is 3.78. The molecule has 1 aliphatic carbocycles. The molecule has 6 heteroatoms. The van der Waals surface area contributed by atoms with Gasteiger partial charge in [-0.15, -0.1) is 0 Å². The van der Waals surface area contributed by atoms with Crippen molar-refractivity contribution < 1.29 is 5.11 Å². The van der Waals surface area contributed by atoms with Gasteiger partial charge in [0, 0.05) is 5.69 Å². The molecule has 0 unspecified atom stereocenters. The van der Waals surface area contributed by atoms with Crippen LogP contribution in [0.25, 0.3) is 0 Å². The van der Waals surface area contributed by atoms with Gasteiger partial charge in [0.15, 0.2) is 0 Å². The van der Waals surface area contributed by atoms with Gasteiger partial charge in [-0.3, -0.25) is 4.90 Å². The van der Waals surface area contributed by atoms with Crippen molar-refractivity contribution in [2.24, 2.45) is 21.5 Å². The summed E-state index contributed by atoms with van der Waals surface area (Å²) in [4.78, 5) is 10.9. The van der Waals surface area contributed by atoms with E-state index in [0.717, 1.165) is 42.5 Å². The molecule has 3 rings (SSSR count). The summed E-state index contributed by atoms with van der Waals surface area (Å²) in [5.74, 6) is 0.638. The zero-order valence-electron chi connectivity index (χ0n) is 12.9. The van der Waals surface area contributed by atoms with Gasteiger partial charge in [-0.1, -0.05) is 18.6 Å². The molecule has 1 heterocycles. The molecular weight excluding hydrogens is 278 g/mol. The number of hydrogen-bond donors (Lipinski definition) is 3. The van der Waals surface area contributed by atoms with Crippen molar-refractivity contribution >= 4 is 17.6 Å². The molecule has 0 aromatic heterocycles. The zero-order valence-corrected chi connectivity index (χ0v) is 12.9. The summed E-state index contributed by atoms with van der Waals surface area (Å²) in [5.41, 5.74) is 14.5. The summed E-state index contributed by atoms with van der Waals surface area (Å²) in [6, 6.07) is 5.85. The Bertz CT molecular complexity index is 631. The molecule has 0 radical (unpaired) electrons. The highest BCUT2D eigenvalue weighted by Gasteiger charge is 2.43. The summed E-state index contributed by atoms with van der Waals surface area (Å²) in [5, 5.41) is 9.52. The number of anilines is 1. The molecule has 118 valence electrons. The van der Waals surface area contributed by atoms with Gasteiger partial charge < -0.3 is 16.6 Å². The number of aliphatic imine (C=N–C) groups is 2. The first kappa shape index (κ1) is 14.8. The molecular formula is C16H23N5O. The van der Waals surface area contributed by atoms with E-state index in [1.54, 1.807) is 0 Å². The maximum atomic E-state index is 9.52. The van der Waals surface area contributed by atoms with Gasteiger partial charge in [0.2, 0.25) is 11.9 Å². The Hall–Kier alpha value is -2.08. The summed E-state index contributed by atoms with van der Waals surface area (Å²) in [6.45, 7) is 2.00. The van der Waals surface area contributed by atoms with Gasteiger partial charge >= 0.3 is 0 Å². The summed E-state index contributed by atoms with van der Waals surface area (Å²) < 4.78 is 0. The largest absolute Gasteiger partial charge is 0.392 e. The number of guanidine groups is 2. The van der Waals surface area contributed by atoms with E-state index in [4.69, 9.17) is 11.5 Å². The van der Waals surface area contributed by atoms with Crippen LogP contribution in [0.2, 0.25) is 0 Å². The van der Waals surface area contributed by atoms with Crippen LogP contribution in [0.5, 0.6) is 0 Å². The van der Waals surface area contributed by atoms with E-state index in [9.17, 15) is 5.11 Å². The lowest BCUT2D eigenvalue weighted by atomic mass is 9.86. The lowest BCUT2D eigenvalue weighted by molar-refractivity contribution is 0.280. The smallest absolute Gasteiger partial charge is 0.220 e. The lowest BCUT2D eigenvalue weighted by Gasteiger charge is -2.46. The first-order valence-electron chi connectivity index (χ1n) is 7.76. The molecule has 1 saturated carbocycles. The van der Waals surface area contributed by atoms with Crippen molar-refractivity contribution in [2.75, 3.05) is 4.90 Å². The molecule has 1 aromatic rings. The topological polar surface area (TPSA) is 100 Å². The molecule has 1 fully saturated rings. The molecule has 0 saturated heterocycles. The second kappa shape index (κ2) is 5.61. The average Bonchev–Trinajstić information content (AvgIpc) is 2.49. The standard InChI is InChI=1S/C16H23N5O/c1-11-12(10-22)6-5-7-13(11)21-15(18)19-14(17)20-16(21)8-3-2-4-9-16/h5-7,22H,2-4,8-10H2,1H3,(H4,17,18,19,20). The van der Waals surface area contributed by atoms with Crippen LogP contribution in [0.3, 0.4) is 0 Å². The molecule has 1 aromatic carbocycles. The van der Waals surface area contributed by atoms with Crippen LogP contribution in [-0.4, -0.2) is 22.7 Å². The predicted octanol–water partition coefficient (Wildman–Crippen LogP) is 1.60. The van der Waals surface area contributed by atoms with Crippen molar-refractivity contribution in [2.45, 2.75) is 51.3 Å². The van der Waals surface area contributed by atoms with Crippen molar-refractivity contribution in [3.63, 3.8) is 0 Å². The minimum atomic E-state index is -0.437. The highest BCUT2D eigenvalue weighted by Crippen LogP contribution is 2.40. The molecule has 1 aliphatic heterocycles. The molecule has 6 nitrogen and oxygen atoms in total. The highest BCUT2D eigenvalue weighted by molar-refractivity contribution is 6.06. The quantitative estimate of drug-likeness (QED) is 0.772. The highest BCUT2D eigenvalue weighted by atomic mass is 16.3. The second-order valence-corrected chi connectivity index (χ2v) is 6.04. The van der Waals surface area contributed by atoms with Gasteiger partial charge in [0.25, 0.3) is 0 Å². The summed E-state index contributed by atoms with van der Waals surface area (Å²) >= 11 is 0. The normalized spacial score (nSPS) is 20.7. The van der Waals surface area contributed by atoms with E-state index >= 15 is 0 Å². The fraction of sp³-hybridized carbons (Fsp3) is 0.500. The van der Waals surface area contributed by atoms with Crippen molar-refractivity contribution in [3.05, 3.63) is 29.3 Å². The Morgan fingerprint density at radius 1 is 1.23 bits per heavy atom. The van der Waals surface area contributed by atoms with Gasteiger partial charge in [-0.05, 0) is 49.8 Å². The maximum absolute atomic E-state index is 9.52. The average molecular weight is 301 g/mol. The van der Waals surface area contributed by atoms with Crippen LogP contribution in [-0.2, 0) is 6.61 Å². The van der Waals surface area contributed by atoms with Gasteiger partial charge in [-0.2, -0.15) is 4.99 Å². The third kappa shape index (κ3) is 2.33. The number of aliphatic hydroxyl groups excluding tert-OH is 1. The van der Waals surface area contributed by atoms with E-state index in [0.29, 0.717) is 5.96 Å². The molecule has 0 amide bonds. The van der Waals surface area contributed by atoms with E-state index in [1.807, 2.05) is 30.0 Å². The second-order valence-electron chi connectivity index (χ2n) is 6.04. The van der Waals surface area contributed by atoms with Crippen molar-refractivity contribution in [3.8, 4) is 0 Å². The van der Waals surface area contributed by atoms with Crippen LogP contribution in [0.1, 0.15) is 43.2 Å². The van der Waals surface area contributed by atoms with Crippen LogP contribution in [0, 0.1) is 6.92 Å². The number of rotatable bonds is 2. The van der Waals surface area contributed by atoms with Crippen LogP contribution < -0.4 is 16.4 Å². The van der Waals surface area contributed by atoms with Crippen LogP contribution in [0.15, 0.2) is 28.2 Å². The Morgan fingerprint density at radius 3 is 2.64 bits per heavy atom. The van der Waals surface area contributed by atoms with E-state index in [1.165, 1.54) is 6.42 Å². The molecule has 2 aliphatic rings. The SMILES string of the molecule is Cc1c(CO)cccc1N1C(N)=NC(N)=NC12CCCCC2. The molecule has 22 heavy (non-hydrogen) atoms. The van der Waals surface area contributed by atoms with Gasteiger partial charge in [0.05, 0.1) is 6.61 Å². The molecule has 0 atom stereocenters. The number of nitrogens with zero attached hydrogens (tertiary/aromatic N) is 3. The summed E-state index contributed by atoms with van der Waals surface area (Å²) in [6.07, 6.45) is 5.22. The van der Waals surface area contributed by atoms with Crippen molar-refractivity contribution in [1.29, 1.82) is 0 Å². The fourth-order valence-corrected chi connectivity index (χ4v) is 3.55. The minimum Gasteiger partial charge on any atom is -0.392 e. The monoisotopic (exact) mass is 301 g/mol. The van der Waals surface area contributed by atoms with Crippen LogP contribution >= 0.6 is 0 Å². The molecule has 1 spiro atoms. The third-order valence-electron chi connectivity index (χ3n) is 4.68. The number of aliphatic hydroxyl groups is 1. The van der Waals surface area contributed by atoms with Gasteiger partial charge in [0.1, 0.15) is 5.66 Å². The Balaban J connectivity index is 2.12. The molecule has 0 bridgehead atoms. The number of benzene rings is 1. The predicted molar refractivity (Wildman–Crippen MR) is 88.6 cm³/mol. The minimum absolute atomic E-state index is 0.00294. The van der Waals surface area contributed by atoms with Gasteiger partial charge in [-0.25, -0.2) is 4.99 Å². The molecule has 5 N–H and O–H groups in total. The maximum Gasteiger partial charge on any atom is 0.220 e. The zero-order chi connectivity index (χ0) is 15.7. The number of nitrogens with two attached hydrogens (primary N) is 2. The Labute approximate surface area is 130 Å². The van der Waals surface area contributed by atoms with Crippen LogP contribution in [0.4, 0.5) is 5.69 Å².